The molecule has 3 nitrogen and oxygen atoms in total. The van der Waals surface area contributed by atoms with Gasteiger partial charge in [-0.2, -0.15) is 0 Å². The molecule has 2 N–H and O–H groups in total. The Morgan fingerprint density at radius 1 is 1.40 bits per heavy atom. The van der Waals surface area contributed by atoms with E-state index in [1.807, 2.05) is 0 Å². The van der Waals surface area contributed by atoms with E-state index in [4.69, 9.17) is 5.14 Å². The lowest BCUT2D eigenvalue weighted by Crippen LogP contribution is -2.19. The van der Waals surface area contributed by atoms with Gasteiger partial charge in [0.05, 0.1) is 0 Å². The van der Waals surface area contributed by atoms with Gasteiger partial charge >= 0.3 is 0 Å². The fourth-order valence-corrected chi connectivity index (χ4v) is 3.51. The van der Waals surface area contributed by atoms with Crippen LogP contribution < -0.4 is 5.14 Å². The van der Waals surface area contributed by atoms with Crippen LogP contribution in [0.3, 0.4) is 0 Å². The molecule has 0 radical (unpaired) electrons. The fraction of sp³-hybridized carbons (Fsp3) is 1.00. The molecule has 0 heterocycles. The molecule has 0 aromatic carbocycles. The molecule has 0 spiro atoms. The van der Waals surface area contributed by atoms with Gasteiger partial charge in [-0.15, -0.1) is 0 Å². The second-order valence-corrected chi connectivity index (χ2v) is 8.51. The fourth-order valence-electron chi connectivity index (χ4n) is 0.730. The average Bonchev–Trinajstić information content (AvgIpc) is 1.78. The minimum Gasteiger partial charge on any atom is -0.235 e. The summed E-state index contributed by atoms with van der Waals surface area (Å²) in [5.74, 6) is 0. The van der Waals surface area contributed by atoms with E-state index in [1.165, 1.54) is 0 Å². The Balaban J connectivity index is 3.21. The van der Waals surface area contributed by atoms with Crippen molar-refractivity contribution in [3.8, 4) is 0 Å². The second-order valence-electron chi connectivity index (χ2n) is 2.43. The molecule has 5 heteroatoms. The predicted octanol–water partition coefficient (Wildman–Crippen LogP) is -0.0328. The summed E-state index contributed by atoms with van der Waals surface area (Å²) in [5.41, 5.74) is 0. The Morgan fingerprint density at radius 2 is 2.00 bits per heavy atom. The summed E-state index contributed by atoms with van der Waals surface area (Å²) in [6.07, 6.45) is 3.29. The zero-order chi connectivity index (χ0) is 8.04. The maximum atomic E-state index is 10.4. The standard InChI is InChI=1S/C5H15NO2SSi/c1-2-3-4-5-10-9(6,7)8/h2-5,10H2,1H3,(H2,6,7,8). The highest BCUT2D eigenvalue weighted by molar-refractivity contribution is 8.13. The van der Waals surface area contributed by atoms with E-state index < -0.39 is 18.1 Å². The van der Waals surface area contributed by atoms with E-state index >= 15 is 0 Å². The van der Waals surface area contributed by atoms with Crippen LogP contribution >= 0.6 is 0 Å². The SMILES string of the molecule is CCCCC[SiH2]S(N)(=O)=O. The maximum absolute atomic E-state index is 10.4. The summed E-state index contributed by atoms with van der Waals surface area (Å²) in [4.78, 5) is 0. The Labute approximate surface area is 64.5 Å². The molecule has 0 bridgehead atoms. The minimum absolute atomic E-state index is 0.840. The maximum Gasteiger partial charge on any atom is 0.183 e. The first-order valence-corrected chi connectivity index (χ1v) is 8.01. The van der Waals surface area contributed by atoms with Gasteiger partial charge in [0.2, 0.25) is 0 Å². The van der Waals surface area contributed by atoms with E-state index in [0.717, 1.165) is 25.3 Å². The van der Waals surface area contributed by atoms with E-state index in [0.29, 0.717) is 0 Å². The monoisotopic (exact) mass is 181 g/mol. The third-order valence-electron chi connectivity index (χ3n) is 1.28. The van der Waals surface area contributed by atoms with Gasteiger partial charge in [0.1, 0.15) is 0 Å². The summed E-state index contributed by atoms with van der Waals surface area (Å²) in [5, 5.41) is 4.85. The van der Waals surface area contributed by atoms with Crippen molar-refractivity contribution in [2.24, 2.45) is 5.14 Å². The largest absolute Gasteiger partial charge is 0.235 e. The van der Waals surface area contributed by atoms with E-state index in [9.17, 15) is 8.42 Å². The molecule has 0 aliphatic rings. The summed E-state index contributed by atoms with van der Waals surface area (Å²) in [7, 11) is -4.09. The topological polar surface area (TPSA) is 60.2 Å². The van der Waals surface area contributed by atoms with Gasteiger partial charge in [-0.05, 0) is 6.04 Å². The van der Waals surface area contributed by atoms with Gasteiger partial charge < -0.3 is 0 Å². The van der Waals surface area contributed by atoms with Gasteiger partial charge in [0.15, 0.2) is 18.1 Å². The molecule has 0 rings (SSSR count). The normalized spacial score (nSPS) is 13.0. The van der Waals surface area contributed by atoms with Gasteiger partial charge in [0, 0.05) is 0 Å². The molecule has 0 saturated carbocycles. The predicted molar refractivity (Wildman–Crippen MR) is 46.0 cm³/mol. The molecule has 0 saturated heterocycles. The van der Waals surface area contributed by atoms with Crippen LogP contribution in [0.1, 0.15) is 26.2 Å². The highest BCUT2D eigenvalue weighted by Gasteiger charge is 2.01. The van der Waals surface area contributed by atoms with Crippen LogP contribution in [0.5, 0.6) is 0 Å². The Bertz CT molecular complexity index is 166. The van der Waals surface area contributed by atoms with Crippen molar-refractivity contribution in [3.63, 3.8) is 0 Å². The van der Waals surface area contributed by atoms with Gasteiger partial charge in [0.25, 0.3) is 0 Å². The quantitative estimate of drug-likeness (QED) is 0.478. The summed E-state index contributed by atoms with van der Waals surface area (Å²) in [6, 6.07) is 0.840. The summed E-state index contributed by atoms with van der Waals surface area (Å²) < 4.78 is 20.9. The third kappa shape index (κ3) is 8.13. The number of hydrogen-bond acceptors (Lipinski definition) is 2. The Kier molecular flexibility index (Phi) is 4.93. The molecule has 62 valence electrons. The lowest BCUT2D eigenvalue weighted by molar-refractivity contribution is 0.610. The first-order valence-electron chi connectivity index (χ1n) is 3.56. The van der Waals surface area contributed by atoms with Crippen LogP contribution in [-0.4, -0.2) is 17.1 Å². The lowest BCUT2D eigenvalue weighted by Gasteiger charge is -1.95. The molecular formula is C5H15NO2SSi. The van der Waals surface area contributed by atoms with E-state index in [1.54, 1.807) is 0 Å². The molecule has 0 unspecified atom stereocenters. The molecule has 0 fully saturated rings. The smallest absolute Gasteiger partial charge is 0.183 e. The highest BCUT2D eigenvalue weighted by atomic mass is 32.4. The average molecular weight is 181 g/mol. The van der Waals surface area contributed by atoms with E-state index in [-0.39, 0.29) is 0 Å². The summed E-state index contributed by atoms with van der Waals surface area (Å²) in [6.45, 7) is 2.10. The van der Waals surface area contributed by atoms with Crippen molar-refractivity contribution >= 4 is 18.1 Å². The molecular weight excluding hydrogens is 166 g/mol. The van der Waals surface area contributed by atoms with Crippen molar-refractivity contribution in [1.29, 1.82) is 0 Å². The van der Waals surface area contributed by atoms with Crippen LogP contribution in [0.2, 0.25) is 6.04 Å². The molecule has 10 heavy (non-hydrogen) atoms. The van der Waals surface area contributed by atoms with Crippen molar-refractivity contribution in [2.45, 2.75) is 32.2 Å². The van der Waals surface area contributed by atoms with Gasteiger partial charge in [-0.3, -0.25) is 0 Å². The highest BCUT2D eigenvalue weighted by Crippen LogP contribution is 1.99. The second kappa shape index (κ2) is 4.87. The molecule has 0 atom stereocenters. The number of hydrogen-bond donors (Lipinski definition) is 1. The molecule has 0 aliphatic heterocycles. The minimum atomic E-state index is -3.07. The van der Waals surface area contributed by atoms with Crippen molar-refractivity contribution in [1.82, 2.24) is 0 Å². The van der Waals surface area contributed by atoms with Crippen LogP contribution in [0.15, 0.2) is 0 Å². The molecule has 0 aliphatic carbocycles. The zero-order valence-corrected chi connectivity index (χ0v) is 8.57. The number of nitrogens with two attached hydrogens (primary N) is 1. The van der Waals surface area contributed by atoms with Crippen molar-refractivity contribution in [3.05, 3.63) is 0 Å². The summed E-state index contributed by atoms with van der Waals surface area (Å²) >= 11 is 0. The number of rotatable bonds is 5. The molecule has 0 aromatic heterocycles. The van der Waals surface area contributed by atoms with Gasteiger partial charge in [-0.25, -0.2) is 13.6 Å². The van der Waals surface area contributed by atoms with Crippen LogP contribution in [0.25, 0.3) is 0 Å². The Morgan fingerprint density at radius 3 is 2.40 bits per heavy atom. The lowest BCUT2D eigenvalue weighted by atomic mass is 10.3. The van der Waals surface area contributed by atoms with Crippen molar-refractivity contribution in [2.75, 3.05) is 0 Å². The van der Waals surface area contributed by atoms with Crippen LogP contribution in [0, 0.1) is 0 Å². The Hall–Kier alpha value is 0.127. The van der Waals surface area contributed by atoms with Crippen molar-refractivity contribution < 1.29 is 8.42 Å². The molecule has 0 aromatic rings. The van der Waals surface area contributed by atoms with Crippen LogP contribution in [-0.2, 0) is 9.47 Å². The van der Waals surface area contributed by atoms with Crippen LogP contribution in [0.4, 0.5) is 0 Å². The zero-order valence-electron chi connectivity index (χ0n) is 6.34. The first-order chi connectivity index (χ1) is 4.56. The van der Waals surface area contributed by atoms with Gasteiger partial charge in [-0.1, -0.05) is 26.2 Å². The number of unbranched alkanes of at least 4 members (excludes halogenated alkanes) is 2. The van der Waals surface area contributed by atoms with E-state index in [2.05, 4.69) is 6.92 Å². The molecule has 0 amide bonds. The third-order valence-corrected chi connectivity index (χ3v) is 5.21. The first kappa shape index (κ1) is 10.1.